The van der Waals surface area contributed by atoms with Gasteiger partial charge in [0.1, 0.15) is 0 Å². The molecular weight excluding hydrogens is 252 g/mol. The van der Waals surface area contributed by atoms with Crippen molar-refractivity contribution < 1.29 is 8.42 Å². The fraction of sp³-hybridized carbons (Fsp3) is 0.333. The van der Waals surface area contributed by atoms with Crippen molar-refractivity contribution in [1.29, 1.82) is 0 Å². The Balaban J connectivity index is 3.08. The molecule has 0 heterocycles. The Bertz CT molecular complexity index is 379. The smallest absolute Gasteiger partial charge is 0.175 e. The molecule has 13 heavy (non-hydrogen) atoms. The van der Waals surface area contributed by atoms with E-state index in [9.17, 15) is 8.42 Å². The van der Waals surface area contributed by atoms with Crippen LogP contribution in [0.15, 0.2) is 29.2 Å². The molecule has 1 aromatic rings. The molecule has 0 spiro atoms. The van der Waals surface area contributed by atoms with E-state index in [0.717, 1.165) is 5.56 Å². The van der Waals surface area contributed by atoms with Crippen molar-refractivity contribution in [3.8, 4) is 0 Å². The van der Waals surface area contributed by atoms with Crippen LogP contribution in [0.3, 0.4) is 0 Å². The van der Waals surface area contributed by atoms with Gasteiger partial charge in [0.15, 0.2) is 9.84 Å². The maximum absolute atomic E-state index is 11.1. The highest BCUT2D eigenvalue weighted by atomic mass is 79.9. The lowest BCUT2D eigenvalue weighted by Gasteiger charge is -2.03. The minimum atomic E-state index is -3.06. The summed E-state index contributed by atoms with van der Waals surface area (Å²) in [4.78, 5) is 0.616. The van der Waals surface area contributed by atoms with Gasteiger partial charge >= 0.3 is 0 Å². The van der Waals surface area contributed by atoms with E-state index in [4.69, 9.17) is 0 Å². The second-order valence-corrected chi connectivity index (χ2v) is 6.35. The molecule has 0 bridgehead atoms. The number of halogens is 1. The molecule has 0 aliphatic rings. The molecule has 0 radical (unpaired) electrons. The van der Waals surface area contributed by atoms with E-state index in [0.29, 0.717) is 4.90 Å². The topological polar surface area (TPSA) is 34.1 Å². The molecule has 0 saturated carbocycles. The predicted molar refractivity (Wildman–Crippen MR) is 56.9 cm³/mol. The molecule has 1 aromatic carbocycles. The van der Waals surface area contributed by atoms with Gasteiger partial charge in [-0.3, -0.25) is 0 Å². The zero-order valence-corrected chi connectivity index (χ0v) is 9.89. The lowest BCUT2D eigenvalue weighted by molar-refractivity contribution is 0.602. The maximum Gasteiger partial charge on any atom is 0.175 e. The molecule has 0 aliphatic carbocycles. The zero-order valence-electron chi connectivity index (χ0n) is 7.49. The standard InChI is InChI=1S/C9H11BrO2S/c1-7(10)8-3-5-9(6-4-8)13(2,11)12/h3-7H,1-2H3/t7-/m0/s1. The molecule has 4 heteroatoms. The summed E-state index contributed by atoms with van der Waals surface area (Å²) < 4.78 is 22.2. The van der Waals surface area contributed by atoms with Crippen LogP contribution in [0.5, 0.6) is 0 Å². The van der Waals surface area contributed by atoms with Crippen LogP contribution in [0.1, 0.15) is 17.3 Å². The maximum atomic E-state index is 11.1. The van der Waals surface area contributed by atoms with Gasteiger partial charge in [0.2, 0.25) is 0 Å². The number of hydrogen-bond acceptors (Lipinski definition) is 2. The summed E-state index contributed by atoms with van der Waals surface area (Å²) in [6, 6.07) is 6.89. The van der Waals surface area contributed by atoms with Gasteiger partial charge in [0.05, 0.1) is 4.90 Å². The fourth-order valence-electron chi connectivity index (χ4n) is 0.980. The molecule has 0 aromatic heterocycles. The van der Waals surface area contributed by atoms with Crippen LogP contribution >= 0.6 is 15.9 Å². The van der Waals surface area contributed by atoms with Crippen molar-refractivity contribution in [2.45, 2.75) is 16.6 Å². The van der Waals surface area contributed by atoms with Crippen molar-refractivity contribution in [3.63, 3.8) is 0 Å². The first-order valence-electron chi connectivity index (χ1n) is 3.85. The van der Waals surface area contributed by atoms with Crippen LogP contribution < -0.4 is 0 Å². The Labute approximate surface area is 87.0 Å². The summed E-state index contributed by atoms with van der Waals surface area (Å²) in [5, 5.41) is 0. The molecule has 0 N–H and O–H groups in total. The van der Waals surface area contributed by atoms with Crippen molar-refractivity contribution in [1.82, 2.24) is 0 Å². The summed E-state index contributed by atoms with van der Waals surface area (Å²) in [5.41, 5.74) is 1.08. The highest BCUT2D eigenvalue weighted by Gasteiger charge is 2.07. The number of alkyl halides is 1. The molecule has 0 unspecified atom stereocenters. The van der Waals surface area contributed by atoms with Crippen LogP contribution in [0.4, 0.5) is 0 Å². The van der Waals surface area contributed by atoms with Crippen molar-refractivity contribution in [3.05, 3.63) is 29.8 Å². The van der Waals surface area contributed by atoms with E-state index in [2.05, 4.69) is 15.9 Å². The lowest BCUT2D eigenvalue weighted by atomic mass is 10.2. The largest absolute Gasteiger partial charge is 0.224 e. The van der Waals surface area contributed by atoms with Gasteiger partial charge in [-0.15, -0.1) is 0 Å². The van der Waals surface area contributed by atoms with Gasteiger partial charge in [-0.05, 0) is 24.6 Å². The third kappa shape index (κ3) is 2.81. The van der Waals surface area contributed by atoms with Crippen molar-refractivity contribution in [2.24, 2.45) is 0 Å². The van der Waals surface area contributed by atoms with E-state index in [1.54, 1.807) is 12.1 Å². The Morgan fingerprint density at radius 2 is 1.69 bits per heavy atom. The minimum Gasteiger partial charge on any atom is -0.224 e. The van der Waals surface area contributed by atoms with E-state index < -0.39 is 9.84 Å². The van der Waals surface area contributed by atoms with Crippen molar-refractivity contribution >= 4 is 25.8 Å². The van der Waals surface area contributed by atoms with Gasteiger partial charge in [-0.2, -0.15) is 0 Å². The van der Waals surface area contributed by atoms with E-state index in [-0.39, 0.29) is 4.83 Å². The average molecular weight is 263 g/mol. The average Bonchev–Trinajstić information content (AvgIpc) is 2.03. The quantitative estimate of drug-likeness (QED) is 0.768. The molecule has 0 saturated heterocycles. The zero-order chi connectivity index (χ0) is 10.1. The molecular formula is C9H11BrO2S. The van der Waals surface area contributed by atoms with Gasteiger partial charge < -0.3 is 0 Å². The Morgan fingerprint density at radius 1 is 1.23 bits per heavy atom. The second kappa shape index (κ2) is 3.80. The first kappa shape index (κ1) is 10.7. The summed E-state index contributed by atoms with van der Waals surface area (Å²) in [5.74, 6) is 0. The van der Waals surface area contributed by atoms with Crippen molar-refractivity contribution in [2.75, 3.05) is 6.26 Å². The molecule has 0 amide bonds. The molecule has 1 atom stereocenters. The van der Waals surface area contributed by atoms with Crippen LogP contribution in [0.25, 0.3) is 0 Å². The fourth-order valence-corrected chi connectivity index (χ4v) is 1.92. The van der Waals surface area contributed by atoms with Gasteiger partial charge in [-0.25, -0.2) is 8.42 Å². The number of hydrogen-bond donors (Lipinski definition) is 0. The van der Waals surface area contributed by atoms with Crippen LogP contribution in [0.2, 0.25) is 0 Å². The highest BCUT2D eigenvalue weighted by molar-refractivity contribution is 9.09. The number of sulfone groups is 1. The van der Waals surface area contributed by atoms with Gasteiger partial charge in [0.25, 0.3) is 0 Å². The molecule has 2 nitrogen and oxygen atoms in total. The molecule has 0 aliphatic heterocycles. The second-order valence-electron chi connectivity index (χ2n) is 2.96. The lowest BCUT2D eigenvalue weighted by Crippen LogP contribution is -1.96. The molecule has 1 rings (SSSR count). The number of benzene rings is 1. The first-order chi connectivity index (χ1) is 5.91. The van der Waals surface area contributed by atoms with Crippen LogP contribution in [0, 0.1) is 0 Å². The first-order valence-corrected chi connectivity index (χ1v) is 6.66. The monoisotopic (exact) mass is 262 g/mol. The summed E-state index contributed by atoms with van der Waals surface area (Å²) >= 11 is 3.41. The SMILES string of the molecule is C[C@H](Br)c1ccc(S(C)(=O)=O)cc1. The van der Waals surface area contributed by atoms with E-state index >= 15 is 0 Å². The Morgan fingerprint density at radius 3 is 2.00 bits per heavy atom. The Hall–Kier alpha value is -0.350. The summed E-state index contributed by atoms with van der Waals surface area (Å²) in [6.07, 6.45) is 1.21. The summed E-state index contributed by atoms with van der Waals surface area (Å²) in [7, 11) is -3.06. The van der Waals surface area contributed by atoms with Gasteiger partial charge in [0, 0.05) is 11.1 Å². The minimum absolute atomic E-state index is 0.251. The Kier molecular flexibility index (Phi) is 3.14. The van der Waals surface area contributed by atoms with Crippen LogP contribution in [-0.2, 0) is 9.84 Å². The third-order valence-corrected chi connectivity index (χ3v) is 3.42. The van der Waals surface area contributed by atoms with Gasteiger partial charge in [-0.1, -0.05) is 28.1 Å². The highest BCUT2D eigenvalue weighted by Crippen LogP contribution is 2.22. The predicted octanol–water partition coefficient (Wildman–Crippen LogP) is 2.55. The van der Waals surface area contributed by atoms with Crippen LogP contribution in [-0.4, -0.2) is 14.7 Å². The summed E-state index contributed by atoms with van der Waals surface area (Å²) in [6.45, 7) is 2.00. The third-order valence-electron chi connectivity index (χ3n) is 1.77. The normalized spacial score (nSPS) is 14.1. The molecule has 72 valence electrons. The molecule has 0 fully saturated rings. The van der Waals surface area contributed by atoms with E-state index in [1.807, 2.05) is 19.1 Å². The van der Waals surface area contributed by atoms with E-state index in [1.165, 1.54) is 6.26 Å². The number of rotatable bonds is 2.